The van der Waals surface area contributed by atoms with E-state index >= 15 is 0 Å². The Hall–Kier alpha value is -2.25. The first-order valence-electron chi connectivity index (χ1n) is 9.54. The van der Waals surface area contributed by atoms with Crippen molar-refractivity contribution < 1.29 is 17.6 Å². The van der Waals surface area contributed by atoms with Crippen LogP contribution in [-0.2, 0) is 27.8 Å². The summed E-state index contributed by atoms with van der Waals surface area (Å²) >= 11 is 0. The number of hydrogen-bond donors (Lipinski definition) is 1. The highest BCUT2D eigenvalue weighted by Crippen LogP contribution is 2.25. The molecule has 5 nitrogen and oxygen atoms in total. The number of benzene rings is 2. The van der Waals surface area contributed by atoms with Gasteiger partial charge in [0.1, 0.15) is 11.9 Å². The first-order chi connectivity index (χ1) is 13.4. The Morgan fingerprint density at radius 3 is 2.36 bits per heavy atom. The third kappa shape index (κ3) is 4.59. The maximum Gasteiger partial charge on any atom is 0.243 e. The molecule has 7 heteroatoms. The monoisotopic (exact) mass is 404 g/mol. The lowest BCUT2D eigenvalue weighted by molar-refractivity contribution is -0.125. The number of sulfonamides is 1. The second-order valence-electron chi connectivity index (χ2n) is 6.97. The van der Waals surface area contributed by atoms with E-state index < -0.39 is 21.9 Å². The normalized spacial score (nSPS) is 18.0. The van der Waals surface area contributed by atoms with Crippen LogP contribution in [0.5, 0.6) is 0 Å². The van der Waals surface area contributed by atoms with E-state index in [1.165, 1.54) is 22.0 Å². The van der Waals surface area contributed by atoms with Gasteiger partial charge < -0.3 is 5.32 Å². The molecule has 1 unspecified atom stereocenters. The molecular formula is C21H25FN2O3S. The number of hydrogen-bond acceptors (Lipinski definition) is 3. The van der Waals surface area contributed by atoms with Crippen molar-refractivity contribution in [2.45, 2.75) is 50.1 Å². The number of nitrogens with one attached hydrogen (secondary N) is 1. The quantitative estimate of drug-likeness (QED) is 0.804. The van der Waals surface area contributed by atoms with Crippen molar-refractivity contribution >= 4 is 15.9 Å². The number of amides is 1. The summed E-state index contributed by atoms with van der Waals surface area (Å²) < 4.78 is 40.4. The Morgan fingerprint density at radius 2 is 1.71 bits per heavy atom. The zero-order chi connectivity index (χ0) is 20.1. The molecule has 1 amide bonds. The summed E-state index contributed by atoms with van der Waals surface area (Å²) in [5.74, 6) is -0.800. The van der Waals surface area contributed by atoms with Gasteiger partial charge in [-0.1, -0.05) is 37.6 Å². The van der Waals surface area contributed by atoms with Gasteiger partial charge in [0, 0.05) is 13.1 Å². The lowest BCUT2D eigenvalue weighted by Crippen LogP contribution is -2.51. The Bertz CT molecular complexity index is 912. The van der Waals surface area contributed by atoms with Gasteiger partial charge in [0.15, 0.2) is 0 Å². The molecular weight excluding hydrogens is 379 g/mol. The van der Waals surface area contributed by atoms with Crippen molar-refractivity contribution in [3.63, 3.8) is 0 Å². The van der Waals surface area contributed by atoms with E-state index in [1.54, 1.807) is 0 Å². The molecule has 0 aromatic heterocycles. The van der Waals surface area contributed by atoms with Gasteiger partial charge in [0.05, 0.1) is 4.90 Å². The maximum atomic E-state index is 13.2. The molecule has 0 spiro atoms. The Labute approximate surface area is 165 Å². The van der Waals surface area contributed by atoms with Crippen molar-refractivity contribution in [2.75, 3.05) is 6.54 Å². The van der Waals surface area contributed by atoms with Crippen LogP contribution in [0, 0.1) is 5.82 Å². The zero-order valence-corrected chi connectivity index (χ0v) is 16.7. The summed E-state index contributed by atoms with van der Waals surface area (Å²) in [7, 11) is -3.86. The van der Waals surface area contributed by atoms with E-state index in [0.29, 0.717) is 19.4 Å². The molecule has 0 bridgehead atoms. The molecule has 3 rings (SSSR count). The van der Waals surface area contributed by atoms with Crippen LogP contribution >= 0.6 is 0 Å². The lowest BCUT2D eigenvalue weighted by Gasteiger charge is -2.33. The minimum Gasteiger partial charge on any atom is -0.351 e. The van der Waals surface area contributed by atoms with Crippen LogP contribution in [-0.4, -0.2) is 31.2 Å². The third-order valence-corrected chi connectivity index (χ3v) is 7.00. The average Bonchev–Trinajstić information content (AvgIpc) is 2.72. The van der Waals surface area contributed by atoms with Gasteiger partial charge in [-0.15, -0.1) is 0 Å². The number of rotatable bonds is 6. The molecule has 1 aliphatic heterocycles. The largest absolute Gasteiger partial charge is 0.351 e. The fourth-order valence-electron chi connectivity index (χ4n) is 3.40. The number of aryl methyl sites for hydroxylation is 1. The molecule has 1 heterocycles. The third-order valence-electron chi connectivity index (χ3n) is 5.07. The predicted octanol–water partition coefficient (Wildman–Crippen LogP) is 3.25. The molecule has 150 valence electrons. The molecule has 28 heavy (non-hydrogen) atoms. The Balaban J connectivity index is 1.72. The molecule has 1 aliphatic rings. The van der Waals surface area contributed by atoms with Crippen LogP contribution in [0.2, 0.25) is 0 Å². The molecule has 0 radical (unpaired) electrons. The van der Waals surface area contributed by atoms with Crippen LogP contribution in [0.25, 0.3) is 0 Å². The van der Waals surface area contributed by atoms with Crippen molar-refractivity contribution in [2.24, 2.45) is 0 Å². The minimum absolute atomic E-state index is 0.00348. The van der Waals surface area contributed by atoms with Crippen molar-refractivity contribution in [1.82, 2.24) is 9.62 Å². The van der Waals surface area contributed by atoms with Crippen LogP contribution in [0.15, 0.2) is 53.4 Å². The molecule has 1 fully saturated rings. The van der Waals surface area contributed by atoms with Gasteiger partial charge in [-0.05, 0) is 54.7 Å². The number of halogens is 1. The smallest absolute Gasteiger partial charge is 0.243 e. The standard InChI is InChI=1S/C21H25FN2O3S/c1-2-16-6-8-17(9-7-16)15-23-21(25)20-5-3-4-14-24(20)28(26,27)19-12-10-18(22)11-13-19/h6-13,20H,2-5,14-15H2,1H3,(H,23,25). The van der Waals surface area contributed by atoms with Crippen LogP contribution < -0.4 is 5.32 Å². The summed E-state index contributed by atoms with van der Waals surface area (Å²) in [5, 5.41) is 2.86. The zero-order valence-electron chi connectivity index (χ0n) is 15.9. The lowest BCUT2D eigenvalue weighted by atomic mass is 10.0. The molecule has 1 saturated heterocycles. The molecule has 0 aliphatic carbocycles. The second kappa shape index (κ2) is 8.84. The second-order valence-corrected chi connectivity index (χ2v) is 8.86. The fourth-order valence-corrected chi connectivity index (χ4v) is 5.05. The summed E-state index contributed by atoms with van der Waals surface area (Å²) in [4.78, 5) is 12.8. The van der Waals surface area contributed by atoms with Gasteiger partial charge in [-0.3, -0.25) is 4.79 Å². The summed E-state index contributed by atoms with van der Waals surface area (Å²) in [6.45, 7) is 2.71. The molecule has 0 saturated carbocycles. The first kappa shape index (κ1) is 20.5. The van der Waals surface area contributed by atoms with E-state index in [-0.39, 0.29) is 17.3 Å². The maximum absolute atomic E-state index is 13.2. The van der Waals surface area contributed by atoms with Gasteiger partial charge in [-0.2, -0.15) is 4.31 Å². The Kier molecular flexibility index (Phi) is 6.46. The van der Waals surface area contributed by atoms with Gasteiger partial charge in [0.2, 0.25) is 15.9 Å². The summed E-state index contributed by atoms with van der Waals surface area (Å²) in [5.41, 5.74) is 2.19. The molecule has 1 atom stereocenters. The van der Waals surface area contributed by atoms with E-state index in [9.17, 15) is 17.6 Å². The van der Waals surface area contributed by atoms with E-state index in [4.69, 9.17) is 0 Å². The molecule has 1 N–H and O–H groups in total. The number of carbonyl (C=O) groups is 1. The molecule has 2 aromatic carbocycles. The highest BCUT2D eigenvalue weighted by Gasteiger charge is 2.37. The summed E-state index contributed by atoms with van der Waals surface area (Å²) in [6, 6.07) is 11.9. The highest BCUT2D eigenvalue weighted by atomic mass is 32.2. The van der Waals surface area contributed by atoms with Crippen molar-refractivity contribution in [3.05, 3.63) is 65.5 Å². The van der Waals surface area contributed by atoms with Crippen molar-refractivity contribution in [1.29, 1.82) is 0 Å². The topological polar surface area (TPSA) is 66.5 Å². The van der Waals surface area contributed by atoms with E-state index in [0.717, 1.165) is 30.5 Å². The predicted molar refractivity (Wildman–Crippen MR) is 106 cm³/mol. The minimum atomic E-state index is -3.86. The van der Waals surface area contributed by atoms with Gasteiger partial charge >= 0.3 is 0 Å². The number of piperidine rings is 1. The van der Waals surface area contributed by atoms with E-state index in [2.05, 4.69) is 12.2 Å². The van der Waals surface area contributed by atoms with Crippen LogP contribution in [0.3, 0.4) is 0 Å². The summed E-state index contributed by atoms with van der Waals surface area (Å²) in [6.07, 6.45) is 2.91. The van der Waals surface area contributed by atoms with Gasteiger partial charge in [0.25, 0.3) is 0 Å². The molecule has 2 aromatic rings. The van der Waals surface area contributed by atoms with Gasteiger partial charge in [-0.25, -0.2) is 12.8 Å². The Morgan fingerprint density at radius 1 is 1.07 bits per heavy atom. The van der Waals surface area contributed by atoms with Crippen LogP contribution in [0.4, 0.5) is 4.39 Å². The fraction of sp³-hybridized carbons (Fsp3) is 0.381. The highest BCUT2D eigenvalue weighted by molar-refractivity contribution is 7.89. The van der Waals surface area contributed by atoms with Crippen molar-refractivity contribution in [3.8, 4) is 0 Å². The average molecular weight is 405 g/mol. The SMILES string of the molecule is CCc1ccc(CNC(=O)C2CCCCN2S(=O)(=O)c2ccc(F)cc2)cc1. The first-order valence-corrected chi connectivity index (χ1v) is 11.0. The van der Waals surface area contributed by atoms with Crippen LogP contribution in [0.1, 0.15) is 37.3 Å². The number of carbonyl (C=O) groups excluding carboxylic acids is 1. The van der Waals surface area contributed by atoms with E-state index in [1.807, 2.05) is 24.3 Å². The number of nitrogens with zero attached hydrogens (tertiary/aromatic N) is 1.